The molecule has 2 amide bonds. The van der Waals surface area contributed by atoms with Crippen LogP contribution in [0.5, 0.6) is 0 Å². The average molecular weight is 370 g/mol. The number of rotatable bonds is 8. The van der Waals surface area contributed by atoms with Crippen LogP contribution in [0.4, 0.5) is 4.39 Å². The van der Waals surface area contributed by atoms with Gasteiger partial charge < -0.3 is 10.2 Å². The number of hydrogen-bond acceptors (Lipinski definition) is 2. The van der Waals surface area contributed by atoms with E-state index in [4.69, 9.17) is 0 Å². The van der Waals surface area contributed by atoms with Crippen LogP contribution in [0.3, 0.4) is 0 Å². The minimum absolute atomic E-state index is 0.0134. The van der Waals surface area contributed by atoms with Gasteiger partial charge in [-0.3, -0.25) is 9.59 Å². The van der Waals surface area contributed by atoms with Gasteiger partial charge >= 0.3 is 0 Å². The van der Waals surface area contributed by atoms with Crippen molar-refractivity contribution in [2.24, 2.45) is 0 Å². The van der Waals surface area contributed by atoms with Crippen LogP contribution in [-0.2, 0) is 22.6 Å². The molecule has 0 unspecified atom stereocenters. The third-order valence-electron chi connectivity index (χ3n) is 4.67. The standard InChI is InChI=1S/C22H27FN2O2/c1-4-16(2)24-22(27)17(3)25(15-19-12-8-9-13-20(19)23)21(26)14-18-10-6-5-7-11-18/h5-13,16-17H,4,14-15H2,1-3H3,(H,24,27)/t16-,17+/m0/s1. The van der Waals surface area contributed by atoms with Crippen molar-refractivity contribution >= 4 is 11.8 Å². The second kappa shape index (κ2) is 9.86. The van der Waals surface area contributed by atoms with Crippen LogP contribution in [-0.4, -0.2) is 28.8 Å². The predicted octanol–water partition coefficient (Wildman–Crippen LogP) is 3.70. The van der Waals surface area contributed by atoms with Crippen LogP contribution in [0, 0.1) is 5.82 Å². The maximum absolute atomic E-state index is 14.1. The van der Waals surface area contributed by atoms with Crippen molar-refractivity contribution in [2.75, 3.05) is 0 Å². The van der Waals surface area contributed by atoms with Crippen LogP contribution >= 0.6 is 0 Å². The number of nitrogens with one attached hydrogen (secondary N) is 1. The summed E-state index contributed by atoms with van der Waals surface area (Å²) < 4.78 is 14.1. The third kappa shape index (κ3) is 5.91. The lowest BCUT2D eigenvalue weighted by atomic mass is 10.1. The van der Waals surface area contributed by atoms with Gasteiger partial charge in [-0.1, -0.05) is 55.5 Å². The summed E-state index contributed by atoms with van der Waals surface area (Å²) in [5.74, 6) is -0.831. The van der Waals surface area contributed by atoms with E-state index in [1.807, 2.05) is 44.2 Å². The molecule has 0 bridgehead atoms. The molecule has 2 aromatic carbocycles. The Morgan fingerprint density at radius 1 is 1.04 bits per heavy atom. The summed E-state index contributed by atoms with van der Waals surface area (Å²) in [5, 5.41) is 2.90. The molecule has 2 aromatic rings. The van der Waals surface area contributed by atoms with Gasteiger partial charge in [0, 0.05) is 18.2 Å². The van der Waals surface area contributed by atoms with Crippen molar-refractivity contribution in [1.82, 2.24) is 10.2 Å². The molecule has 5 heteroatoms. The number of benzene rings is 2. The second-order valence-corrected chi connectivity index (χ2v) is 6.77. The lowest BCUT2D eigenvalue weighted by molar-refractivity contribution is -0.140. The first-order chi connectivity index (χ1) is 12.9. The molecule has 0 aliphatic rings. The third-order valence-corrected chi connectivity index (χ3v) is 4.67. The molecule has 0 saturated carbocycles. The number of nitrogens with zero attached hydrogens (tertiary/aromatic N) is 1. The quantitative estimate of drug-likeness (QED) is 0.770. The summed E-state index contributed by atoms with van der Waals surface area (Å²) in [5.41, 5.74) is 1.25. The molecule has 0 aliphatic carbocycles. The Hall–Kier alpha value is -2.69. The van der Waals surface area contributed by atoms with E-state index in [0.717, 1.165) is 12.0 Å². The number of carbonyl (C=O) groups excluding carboxylic acids is 2. The first-order valence-corrected chi connectivity index (χ1v) is 9.29. The highest BCUT2D eigenvalue weighted by atomic mass is 19.1. The van der Waals surface area contributed by atoms with E-state index < -0.39 is 6.04 Å². The smallest absolute Gasteiger partial charge is 0.242 e. The van der Waals surface area contributed by atoms with Gasteiger partial charge in [0.15, 0.2) is 0 Å². The highest BCUT2D eigenvalue weighted by Gasteiger charge is 2.27. The average Bonchev–Trinajstić information content (AvgIpc) is 2.67. The molecular weight excluding hydrogens is 343 g/mol. The molecule has 1 N–H and O–H groups in total. The maximum Gasteiger partial charge on any atom is 0.242 e. The van der Waals surface area contributed by atoms with Crippen LogP contribution in [0.15, 0.2) is 54.6 Å². The molecule has 0 saturated heterocycles. The SMILES string of the molecule is CC[C@H](C)NC(=O)[C@@H](C)N(Cc1ccccc1F)C(=O)Cc1ccccc1. The normalized spacial score (nSPS) is 12.9. The zero-order valence-electron chi connectivity index (χ0n) is 16.1. The van der Waals surface area contributed by atoms with Crippen molar-refractivity contribution in [3.8, 4) is 0 Å². The molecule has 0 spiro atoms. The summed E-state index contributed by atoms with van der Waals surface area (Å²) in [7, 11) is 0. The Kier molecular flexibility index (Phi) is 7.53. The lowest BCUT2D eigenvalue weighted by Crippen LogP contribution is -2.50. The summed E-state index contributed by atoms with van der Waals surface area (Å²) >= 11 is 0. The monoisotopic (exact) mass is 370 g/mol. The van der Waals surface area contributed by atoms with Gasteiger partial charge in [-0.25, -0.2) is 4.39 Å². The maximum atomic E-state index is 14.1. The van der Waals surface area contributed by atoms with Gasteiger partial charge in [0.2, 0.25) is 11.8 Å². The molecule has 0 fully saturated rings. The minimum Gasteiger partial charge on any atom is -0.352 e. The molecule has 2 atom stereocenters. The Labute approximate surface area is 160 Å². The Balaban J connectivity index is 2.22. The van der Waals surface area contributed by atoms with Gasteiger partial charge in [0.05, 0.1) is 6.42 Å². The van der Waals surface area contributed by atoms with Gasteiger partial charge in [-0.15, -0.1) is 0 Å². The van der Waals surface area contributed by atoms with E-state index in [1.165, 1.54) is 11.0 Å². The number of carbonyl (C=O) groups is 2. The molecule has 4 nitrogen and oxygen atoms in total. The van der Waals surface area contributed by atoms with Gasteiger partial charge in [-0.2, -0.15) is 0 Å². The molecule has 0 aromatic heterocycles. The van der Waals surface area contributed by atoms with Crippen LogP contribution in [0.25, 0.3) is 0 Å². The lowest BCUT2D eigenvalue weighted by Gasteiger charge is -2.30. The van der Waals surface area contributed by atoms with E-state index in [-0.39, 0.29) is 36.6 Å². The summed E-state index contributed by atoms with van der Waals surface area (Å²) in [6.45, 7) is 5.62. The summed E-state index contributed by atoms with van der Waals surface area (Å²) in [4.78, 5) is 27.0. The highest BCUT2D eigenvalue weighted by molar-refractivity contribution is 5.88. The molecule has 27 heavy (non-hydrogen) atoms. The largest absolute Gasteiger partial charge is 0.352 e. The number of halogens is 1. The predicted molar refractivity (Wildman–Crippen MR) is 104 cm³/mol. The van der Waals surface area contributed by atoms with Crippen LogP contribution < -0.4 is 5.32 Å². The summed E-state index contributed by atoms with van der Waals surface area (Å²) in [6, 6.07) is 15.0. The number of amides is 2. The van der Waals surface area contributed by atoms with Gasteiger partial charge in [0.25, 0.3) is 0 Å². The minimum atomic E-state index is -0.699. The number of hydrogen-bond donors (Lipinski definition) is 1. The molecular formula is C22H27FN2O2. The van der Waals surface area contributed by atoms with Crippen molar-refractivity contribution < 1.29 is 14.0 Å². The Morgan fingerprint density at radius 3 is 2.30 bits per heavy atom. The molecule has 0 aliphatic heterocycles. The fourth-order valence-corrected chi connectivity index (χ4v) is 2.73. The van der Waals surface area contributed by atoms with Crippen molar-refractivity contribution in [2.45, 2.75) is 52.2 Å². The summed E-state index contributed by atoms with van der Waals surface area (Å²) in [6.07, 6.45) is 0.958. The first kappa shape index (κ1) is 20.6. The van der Waals surface area contributed by atoms with Crippen LogP contribution in [0.2, 0.25) is 0 Å². The van der Waals surface area contributed by atoms with Gasteiger partial charge in [-0.05, 0) is 31.9 Å². The van der Waals surface area contributed by atoms with E-state index in [0.29, 0.717) is 5.56 Å². The Bertz CT molecular complexity index is 764. The van der Waals surface area contributed by atoms with Crippen molar-refractivity contribution in [1.29, 1.82) is 0 Å². The first-order valence-electron chi connectivity index (χ1n) is 9.29. The molecule has 144 valence electrons. The fraction of sp³-hybridized carbons (Fsp3) is 0.364. The molecule has 0 heterocycles. The topological polar surface area (TPSA) is 49.4 Å². The Morgan fingerprint density at radius 2 is 1.67 bits per heavy atom. The molecule has 2 rings (SSSR count). The molecule has 0 radical (unpaired) electrons. The highest BCUT2D eigenvalue weighted by Crippen LogP contribution is 2.15. The second-order valence-electron chi connectivity index (χ2n) is 6.77. The van der Waals surface area contributed by atoms with E-state index in [9.17, 15) is 14.0 Å². The zero-order chi connectivity index (χ0) is 19.8. The van der Waals surface area contributed by atoms with Crippen molar-refractivity contribution in [3.63, 3.8) is 0 Å². The van der Waals surface area contributed by atoms with Crippen LogP contribution in [0.1, 0.15) is 38.3 Å². The zero-order valence-corrected chi connectivity index (χ0v) is 16.1. The van der Waals surface area contributed by atoms with Gasteiger partial charge in [0.1, 0.15) is 11.9 Å². The van der Waals surface area contributed by atoms with E-state index in [1.54, 1.807) is 25.1 Å². The fourth-order valence-electron chi connectivity index (χ4n) is 2.73. The van der Waals surface area contributed by atoms with Crippen molar-refractivity contribution in [3.05, 3.63) is 71.5 Å². The van der Waals surface area contributed by atoms with E-state index in [2.05, 4.69) is 5.32 Å². The van der Waals surface area contributed by atoms with E-state index >= 15 is 0 Å².